The average Bonchev–Trinajstić information content (AvgIpc) is 2.01. The number of rotatable bonds is 3. The summed E-state index contributed by atoms with van der Waals surface area (Å²) in [6.07, 6.45) is 1.74. The molecule has 1 heterocycles. The summed E-state index contributed by atoms with van der Waals surface area (Å²) in [6.45, 7) is 2.13. The number of H-pyrrole nitrogens is 1. The van der Waals surface area contributed by atoms with Crippen LogP contribution in [0.3, 0.4) is 0 Å². The Labute approximate surface area is 75.4 Å². The van der Waals surface area contributed by atoms with Crippen LogP contribution in [0, 0.1) is 4.64 Å². The van der Waals surface area contributed by atoms with Gasteiger partial charge in [0.1, 0.15) is 10.5 Å². The number of aromatic amines is 1. The van der Waals surface area contributed by atoms with E-state index in [4.69, 9.17) is 12.2 Å². The molecule has 0 aromatic carbocycles. The maximum absolute atomic E-state index is 4.95. The highest BCUT2D eigenvalue weighted by atomic mass is 32.2. The molecular weight excluding hydrogens is 176 g/mol. The minimum atomic E-state index is 0.756. The van der Waals surface area contributed by atoms with E-state index < -0.39 is 0 Å². The molecule has 0 saturated carbocycles. The fraction of sp³-hybridized carbons (Fsp3) is 0.429. The van der Waals surface area contributed by atoms with Gasteiger partial charge in [-0.05, 0) is 11.8 Å². The minimum Gasteiger partial charge on any atom is -0.334 e. The quantitative estimate of drug-likeness (QED) is 0.735. The molecule has 4 heteroatoms. The van der Waals surface area contributed by atoms with Crippen molar-refractivity contribution in [3.05, 3.63) is 22.7 Å². The molecular formula is C7H10N2S2. The van der Waals surface area contributed by atoms with E-state index in [1.807, 2.05) is 11.8 Å². The van der Waals surface area contributed by atoms with Crippen LogP contribution in [0.25, 0.3) is 0 Å². The molecule has 60 valence electrons. The molecule has 2 nitrogen and oxygen atoms in total. The van der Waals surface area contributed by atoms with E-state index in [-0.39, 0.29) is 0 Å². The van der Waals surface area contributed by atoms with Crippen molar-refractivity contribution in [1.29, 1.82) is 0 Å². The highest BCUT2D eigenvalue weighted by Crippen LogP contribution is 2.05. The standard InChI is InChI=1S/C7H10N2S2/c1-2-11-5-6-8-4-3-7(10)9-6/h3-4H,2,5H2,1H3,(H,8,9,10). The minimum absolute atomic E-state index is 0.756. The van der Waals surface area contributed by atoms with Crippen LogP contribution in [0.4, 0.5) is 0 Å². The molecule has 1 aromatic rings. The second-order valence-electron chi connectivity index (χ2n) is 2.02. The summed E-state index contributed by atoms with van der Waals surface area (Å²) in [4.78, 5) is 7.16. The summed E-state index contributed by atoms with van der Waals surface area (Å²) in [5.41, 5.74) is 0. The van der Waals surface area contributed by atoms with E-state index >= 15 is 0 Å². The molecule has 1 rings (SSSR count). The Morgan fingerprint density at radius 2 is 2.55 bits per heavy atom. The van der Waals surface area contributed by atoms with Crippen LogP contribution < -0.4 is 0 Å². The van der Waals surface area contributed by atoms with Gasteiger partial charge in [-0.3, -0.25) is 0 Å². The van der Waals surface area contributed by atoms with Gasteiger partial charge in [0.15, 0.2) is 0 Å². The average molecular weight is 186 g/mol. The van der Waals surface area contributed by atoms with Crippen molar-refractivity contribution >= 4 is 24.0 Å². The Morgan fingerprint density at radius 3 is 3.18 bits per heavy atom. The predicted octanol–water partition coefficient (Wildman–Crippen LogP) is 2.39. The van der Waals surface area contributed by atoms with Gasteiger partial charge in [0.2, 0.25) is 0 Å². The third-order valence-corrected chi connectivity index (χ3v) is 2.29. The van der Waals surface area contributed by atoms with Gasteiger partial charge in [0.25, 0.3) is 0 Å². The highest BCUT2D eigenvalue weighted by Gasteiger charge is 1.91. The van der Waals surface area contributed by atoms with Crippen LogP contribution in [0.15, 0.2) is 12.3 Å². The van der Waals surface area contributed by atoms with Crippen molar-refractivity contribution in [3.8, 4) is 0 Å². The SMILES string of the molecule is CCSCc1nccc(=S)[nH]1. The van der Waals surface area contributed by atoms with Crippen molar-refractivity contribution in [2.24, 2.45) is 0 Å². The molecule has 0 atom stereocenters. The lowest BCUT2D eigenvalue weighted by Gasteiger charge is -1.96. The first-order valence-electron chi connectivity index (χ1n) is 3.45. The van der Waals surface area contributed by atoms with E-state index in [1.165, 1.54) is 0 Å². The molecule has 0 aliphatic heterocycles. The zero-order valence-corrected chi connectivity index (χ0v) is 7.97. The second-order valence-corrected chi connectivity index (χ2v) is 3.73. The first-order chi connectivity index (χ1) is 5.33. The van der Waals surface area contributed by atoms with Crippen molar-refractivity contribution in [2.75, 3.05) is 5.75 Å². The third kappa shape index (κ3) is 3.03. The fourth-order valence-corrected chi connectivity index (χ4v) is 1.41. The Bertz CT molecular complexity index is 269. The van der Waals surface area contributed by atoms with Crippen molar-refractivity contribution in [1.82, 2.24) is 9.97 Å². The number of hydrogen-bond acceptors (Lipinski definition) is 3. The summed E-state index contributed by atoms with van der Waals surface area (Å²) < 4.78 is 0.756. The zero-order chi connectivity index (χ0) is 8.10. The molecule has 1 aromatic heterocycles. The molecule has 0 radical (unpaired) electrons. The highest BCUT2D eigenvalue weighted by molar-refractivity contribution is 7.98. The van der Waals surface area contributed by atoms with Crippen molar-refractivity contribution < 1.29 is 0 Å². The van der Waals surface area contributed by atoms with Crippen molar-refractivity contribution in [2.45, 2.75) is 12.7 Å². The zero-order valence-electron chi connectivity index (χ0n) is 6.33. The smallest absolute Gasteiger partial charge is 0.117 e. The number of hydrogen-bond donors (Lipinski definition) is 1. The van der Waals surface area contributed by atoms with Crippen LogP contribution in [-0.4, -0.2) is 15.7 Å². The fourth-order valence-electron chi connectivity index (χ4n) is 0.683. The molecule has 0 spiro atoms. The molecule has 0 aliphatic carbocycles. The van der Waals surface area contributed by atoms with Gasteiger partial charge in [-0.25, -0.2) is 4.98 Å². The molecule has 0 bridgehead atoms. The van der Waals surface area contributed by atoms with Gasteiger partial charge in [-0.1, -0.05) is 19.1 Å². The Kier molecular flexibility index (Phi) is 3.59. The van der Waals surface area contributed by atoms with Crippen LogP contribution in [0.1, 0.15) is 12.7 Å². The molecule has 0 amide bonds. The van der Waals surface area contributed by atoms with E-state index in [0.29, 0.717) is 0 Å². The first-order valence-corrected chi connectivity index (χ1v) is 5.01. The third-order valence-electron chi connectivity index (χ3n) is 1.17. The second kappa shape index (κ2) is 4.51. The lowest BCUT2D eigenvalue weighted by molar-refractivity contribution is 1.02. The summed E-state index contributed by atoms with van der Waals surface area (Å²) in [5, 5.41) is 0. The van der Waals surface area contributed by atoms with Crippen LogP contribution >= 0.6 is 24.0 Å². The number of nitrogens with zero attached hydrogens (tertiary/aromatic N) is 1. The maximum atomic E-state index is 4.95. The molecule has 0 unspecified atom stereocenters. The molecule has 0 saturated heterocycles. The molecule has 1 N–H and O–H groups in total. The lowest BCUT2D eigenvalue weighted by atomic mass is 10.6. The van der Waals surface area contributed by atoms with Gasteiger partial charge >= 0.3 is 0 Å². The van der Waals surface area contributed by atoms with Crippen LogP contribution in [-0.2, 0) is 5.75 Å². The maximum Gasteiger partial charge on any atom is 0.117 e. The number of aromatic nitrogens is 2. The molecule has 0 fully saturated rings. The monoisotopic (exact) mass is 186 g/mol. The van der Waals surface area contributed by atoms with Gasteiger partial charge in [-0.2, -0.15) is 11.8 Å². The molecule has 0 aliphatic rings. The Balaban J connectivity index is 2.64. The van der Waals surface area contributed by atoms with Gasteiger partial charge in [0.05, 0.1) is 5.75 Å². The Morgan fingerprint density at radius 1 is 1.73 bits per heavy atom. The lowest BCUT2D eigenvalue weighted by Crippen LogP contribution is -1.91. The topological polar surface area (TPSA) is 28.7 Å². The van der Waals surface area contributed by atoms with Crippen LogP contribution in [0.2, 0.25) is 0 Å². The summed E-state index contributed by atoms with van der Waals surface area (Å²) in [5.74, 6) is 2.99. The number of thioether (sulfide) groups is 1. The largest absolute Gasteiger partial charge is 0.334 e. The first kappa shape index (κ1) is 8.74. The summed E-state index contributed by atoms with van der Waals surface area (Å²) in [7, 11) is 0. The number of nitrogens with one attached hydrogen (secondary N) is 1. The normalized spacial score (nSPS) is 9.91. The van der Waals surface area contributed by atoms with Gasteiger partial charge in [-0.15, -0.1) is 0 Å². The summed E-state index contributed by atoms with van der Waals surface area (Å²) in [6, 6.07) is 1.79. The van der Waals surface area contributed by atoms with E-state index in [9.17, 15) is 0 Å². The summed E-state index contributed by atoms with van der Waals surface area (Å²) >= 11 is 6.78. The molecule has 11 heavy (non-hydrogen) atoms. The van der Waals surface area contributed by atoms with E-state index in [0.717, 1.165) is 22.0 Å². The predicted molar refractivity (Wildman–Crippen MR) is 51.3 cm³/mol. The van der Waals surface area contributed by atoms with Crippen LogP contribution in [0.5, 0.6) is 0 Å². The van der Waals surface area contributed by atoms with Crippen molar-refractivity contribution in [3.63, 3.8) is 0 Å². The van der Waals surface area contributed by atoms with Gasteiger partial charge < -0.3 is 4.98 Å². The Hall–Kier alpha value is -0.350. The van der Waals surface area contributed by atoms with E-state index in [2.05, 4.69) is 16.9 Å². The van der Waals surface area contributed by atoms with Gasteiger partial charge in [0, 0.05) is 6.20 Å². The van der Waals surface area contributed by atoms with E-state index in [1.54, 1.807) is 12.3 Å².